The molecule has 2 aromatic rings. The summed E-state index contributed by atoms with van der Waals surface area (Å²) in [5.74, 6) is 0. The Hall–Kier alpha value is -1.64. The van der Waals surface area contributed by atoms with E-state index < -0.39 is 0 Å². The minimum atomic E-state index is 0.0250. The third-order valence-electron chi connectivity index (χ3n) is 6.93. The standard InChI is InChI=1S/C27H37NO/c1-5-13-23(14-6-1)27(24-15-7-2-8-16-24)29-22-21-28(25-17-9-3-10-18-25)26-19-11-4-12-20-26/h1-2,5-8,13-16,25-27H,3-4,9-12,17-22H2. The molecule has 0 aromatic heterocycles. The highest BCUT2D eigenvalue weighted by molar-refractivity contribution is 5.29. The molecule has 0 heterocycles. The van der Waals surface area contributed by atoms with E-state index in [1.807, 2.05) is 0 Å². The van der Waals surface area contributed by atoms with E-state index in [0.717, 1.165) is 25.2 Å². The molecule has 0 spiro atoms. The van der Waals surface area contributed by atoms with E-state index in [0.29, 0.717) is 0 Å². The summed E-state index contributed by atoms with van der Waals surface area (Å²) < 4.78 is 6.58. The predicted molar refractivity (Wildman–Crippen MR) is 121 cm³/mol. The molecule has 0 saturated heterocycles. The van der Waals surface area contributed by atoms with Crippen molar-refractivity contribution in [3.63, 3.8) is 0 Å². The Morgan fingerprint density at radius 1 is 0.655 bits per heavy atom. The number of benzene rings is 2. The van der Waals surface area contributed by atoms with Gasteiger partial charge in [0.2, 0.25) is 0 Å². The lowest BCUT2D eigenvalue weighted by Gasteiger charge is -2.42. The molecule has 2 aliphatic carbocycles. The van der Waals surface area contributed by atoms with Crippen molar-refractivity contribution in [2.45, 2.75) is 82.4 Å². The quantitative estimate of drug-likeness (QED) is 0.493. The third-order valence-corrected chi connectivity index (χ3v) is 6.93. The van der Waals surface area contributed by atoms with Crippen LogP contribution in [0.2, 0.25) is 0 Å². The van der Waals surface area contributed by atoms with E-state index in [-0.39, 0.29) is 6.10 Å². The Kier molecular flexibility index (Phi) is 7.78. The zero-order valence-corrected chi connectivity index (χ0v) is 17.8. The molecule has 0 N–H and O–H groups in total. The maximum Gasteiger partial charge on any atom is 0.108 e. The van der Waals surface area contributed by atoms with Gasteiger partial charge < -0.3 is 4.74 Å². The summed E-state index contributed by atoms with van der Waals surface area (Å²) in [4.78, 5) is 2.85. The first-order chi connectivity index (χ1) is 14.4. The fraction of sp³-hybridized carbons (Fsp3) is 0.556. The van der Waals surface area contributed by atoms with Crippen molar-refractivity contribution in [1.82, 2.24) is 4.90 Å². The van der Waals surface area contributed by atoms with Gasteiger partial charge in [-0.05, 0) is 36.8 Å². The lowest BCUT2D eigenvalue weighted by Crippen LogP contribution is -2.46. The van der Waals surface area contributed by atoms with Crippen LogP contribution in [0, 0.1) is 0 Å². The third kappa shape index (κ3) is 5.71. The summed E-state index contributed by atoms with van der Waals surface area (Å²) in [6, 6.07) is 23.0. The Morgan fingerprint density at radius 2 is 1.10 bits per heavy atom. The van der Waals surface area contributed by atoms with Crippen LogP contribution in [0.5, 0.6) is 0 Å². The first kappa shape index (κ1) is 20.6. The van der Waals surface area contributed by atoms with Crippen LogP contribution >= 0.6 is 0 Å². The molecule has 0 radical (unpaired) electrons. The average molecular weight is 392 g/mol. The predicted octanol–water partition coefficient (Wildman–Crippen LogP) is 6.76. The summed E-state index contributed by atoms with van der Waals surface area (Å²) >= 11 is 0. The second-order valence-corrected chi connectivity index (χ2v) is 8.89. The molecule has 2 aliphatic rings. The molecule has 0 bridgehead atoms. The minimum absolute atomic E-state index is 0.0250. The lowest BCUT2D eigenvalue weighted by atomic mass is 9.88. The van der Waals surface area contributed by atoms with Crippen LogP contribution in [0.4, 0.5) is 0 Å². The van der Waals surface area contributed by atoms with E-state index >= 15 is 0 Å². The van der Waals surface area contributed by atoms with Gasteiger partial charge in [-0.1, -0.05) is 99.2 Å². The maximum absolute atomic E-state index is 6.58. The highest BCUT2D eigenvalue weighted by Crippen LogP contribution is 2.31. The smallest absolute Gasteiger partial charge is 0.108 e. The molecule has 2 heteroatoms. The van der Waals surface area contributed by atoms with Gasteiger partial charge in [-0.15, -0.1) is 0 Å². The van der Waals surface area contributed by atoms with Crippen LogP contribution in [-0.4, -0.2) is 30.1 Å². The summed E-state index contributed by atoms with van der Waals surface area (Å²) in [6.45, 7) is 1.88. The number of rotatable bonds is 8. The normalized spacial score (nSPS) is 19.1. The fourth-order valence-corrected chi connectivity index (χ4v) is 5.41. The van der Waals surface area contributed by atoms with Gasteiger partial charge in [0, 0.05) is 18.6 Å². The number of hydrogen-bond donors (Lipinski definition) is 0. The van der Waals surface area contributed by atoms with Crippen LogP contribution in [0.15, 0.2) is 60.7 Å². The van der Waals surface area contributed by atoms with Crippen molar-refractivity contribution in [1.29, 1.82) is 0 Å². The largest absolute Gasteiger partial charge is 0.367 e. The number of ether oxygens (including phenoxy) is 1. The first-order valence-electron chi connectivity index (χ1n) is 11.9. The molecule has 156 valence electrons. The average Bonchev–Trinajstić information content (AvgIpc) is 2.81. The van der Waals surface area contributed by atoms with Crippen LogP contribution in [0.1, 0.15) is 81.4 Å². The molecule has 2 saturated carbocycles. The van der Waals surface area contributed by atoms with Crippen molar-refractivity contribution in [3.8, 4) is 0 Å². The van der Waals surface area contributed by atoms with E-state index in [1.54, 1.807) is 0 Å². The summed E-state index contributed by atoms with van der Waals surface area (Å²) in [7, 11) is 0. The zero-order valence-electron chi connectivity index (χ0n) is 17.8. The fourth-order valence-electron chi connectivity index (χ4n) is 5.41. The van der Waals surface area contributed by atoms with Crippen molar-refractivity contribution in [3.05, 3.63) is 71.8 Å². The Bertz CT molecular complexity index is 631. The minimum Gasteiger partial charge on any atom is -0.367 e. The molecule has 0 atom stereocenters. The molecule has 2 nitrogen and oxygen atoms in total. The number of hydrogen-bond acceptors (Lipinski definition) is 2. The van der Waals surface area contributed by atoms with Gasteiger partial charge in [0.25, 0.3) is 0 Å². The van der Waals surface area contributed by atoms with Crippen LogP contribution in [-0.2, 0) is 4.74 Å². The van der Waals surface area contributed by atoms with Crippen LogP contribution < -0.4 is 0 Å². The summed E-state index contributed by atoms with van der Waals surface area (Å²) in [5, 5.41) is 0. The Balaban J connectivity index is 1.43. The number of nitrogens with zero attached hydrogens (tertiary/aromatic N) is 1. The van der Waals surface area contributed by atoms with Gasteiger partial charge in [-0.25, -0.2) is 0 Å². The highest BCUT2D eigenvalue weighted by Gasteiger charge is 2.28. The second-order valence-electron chi connectivity index (χ2n) is 8.89. The van der Waals surface area contributed by atoms with Crippen molar-refractivity contribution in [2.24, 2.45) is 0 Å². The van der Waals surface area contributed by atoms with E-state index in [2.05, 4.69) is 65.6 Å². The Labute approximate surface area is 177 Å². The molecule has 2 fully saturated rings. The Morgan fingerprint density at radius 3 is 1.55 bits per heavy atom. The topological polar surface area (TPSA) is 12.5 Å². The van der Waals surface area contributed by atoms with Gasteiger partial charge in [0.05, 0.1) is 6.61 Å². The van der Waals surface area contributed by atoms with Gasteiger partial charge >= 0.3 is 0 Å². The SMILES string of the molecule is c1ccc(C(OCCN(C2CCCCC2)C2CCCCC2)c2ccccc2)cc1. The monoisotopic (exact) mass is 391 g/mol. The molecule has 2 aromatic carbocycles. The van der Waals surface area contributed by atoms with E-state index in [4.69, 9.17) is 4.74 Å². The van der Waals surface area contributed by atoms with E-state index in [1.165, 1.54) is 75.3 Å². The van der Waals surface area contributed by atoms with Crippen molar-refractivity contribution < 1.29 is 4.74 Å². The van der Waals surface area contributed by atoms with Crippen molar-refractivity contribution in [2.75, 3.05) is 13.2 Å². The van der Waals surface area contributed by atoms with Gasteiger partial charge in [0.1, 0.15) is 6.10 Å². The van der Waals surface area contributed by atoms with Gasteiger partial charge in [0.15, 0.2) is 0 Å². The van der Waals surface area contributed by atoms with Crippen LogP contribution in [0.25, 0.3) is 0 Å². The molecule has 0 unspecified atom stereocenters. The molecular weight excluding hydrogens is 354 g/mol. The second kappa shape index (κ2) is 10.9. The van der Waals surface area contributed by atoms with E-state index in [9.17, 15) is 0 Å². The molecule has 0 aliphatic heterocycles. The summed E-state index contributed by atoms with van der Waals surface area (Å²) in [5.41, 5.74) is 2.50. The first-order valence-corrected chi connectivity index (χ1v) is 11.9. The molecular formula is C27H37NO. The highest BCUT2D eigenvalue weighted by atomic mass is 16.5. The summed E-state index contributed by atoms with van der Waals surface area (Å²) in [6.07, 6.45) is 14.1. The lowest BCUT2D eigenvalue weighted by molar-refractivity contribution is 0.0180. The van der Waals surface area contributed by atoms with Gasteiger partial charge in [-0.3, -0.25) is 4.90 Å². The zero-order chi connectivity index (χ0) is 19.7. The molecule has 29 heavy (non-hydrogen) atoms. The maximum atomic E-state index is 6.58. The molecule has 4 rings (SSSR count). The van der Waals surface area contributed by atoms with Crippen molar-refractivity contribution >= 4 is 0 Å². The van der Waals surface area contributed by atoms with Gasteiger partial charge in [-0.2, -0.15) is 0 Å². The molecule has 0 amide bonds. The van der Waals surface area contributed by atoms with Crippen LogP contribution in [0.3, 0.4) is 0 Å².